The molecule has 0 saturated carbocycles. The van der Waals surface area contributed by atoms with Gasteiger partial charge in [0.15, 0.2) is 0 Å². The van der Waals surface area contributed by atoms with Gasteiger partial charge in [0.25, 0.3) is 0 Å². The first-order valence-electron chi connectivity index (χ1n) is 35.2. The predicted molar refractivity (Wildman–Crippen MR) is 346 cm³/mol. The monoisotopic (exact) mass is 1140 g/mol. The van der Waals surface area contributed by atoms with Gasteiger partial charge in [0.05, 0.1) is 39.9 Å². The number of nitrogens with one attached hydrogen (secondary N) is 1. The Balaban J connectivity index is 3.90. The van der Waals surface area contributed by atoms with Gasteiger partial charge < -0.3 is 19.8 Å². The molecule has 0 aromatic heterocycles. The van der Waals surface area contributed by atoms with Crippen LogP contribution in [-0.2, 0) is 18.4 Å². The maximum absolute atomic E-state index is 13.0. The van der Waals surface area contributed by atoms with Crippen molar-refractivity contribution < 1.29 is 32.9 Å². The molecule has 0 aromatic rings. The van der Waals surface area contributed by atoms with Crippen molar-refractivity contribution in [3.63, 3.8) is 0 Å². The van der Waals surface area contributed by atoms with Crippen LogP contribution in [0.4, 0.5) is 0 Å². The molecule has 470 valence electrons. The summed E-state index contributed by atoms with van der Waals surface area (Å²) in [6.45, 7) is 4.85. The fourth-order valence-electron chi connectivity index (χ4n) is 10.9. The van der Waals surface area contributed by atoms with Crippen LogP contribution in [0.15, 0.2) is 24.3 Å². The molecular weight excluding hydrogens is 996 g/mol. The number of carbonyl (C=O) groups is 1. The van der Waals surface area contributed by atoms with E-state index >= 15 is 0 Å². The Kier molecular flexibility index (Phi) is 60.7. The summed E-state index contributed by atoms with van der Waals surface area (Å²) in [6.07, 6.45) is 80.7. The van der Waals surface area contributed by atoms with Crippen molar-refractivity contribution in [3.05, 3.63) is 24.3 Å². The van der Waals surface area contributed by atoms with E-state index in [0.29, 0.717) is 17.4 Å². The van der Waals surface area contributed by atoms with Crippen LogP contribution in [-0.4, -0.2) is 73.4 Å². The van der Waals surface area contributed by atoms with Crippen molar-refractivity contribution in [2.75, 3.05) is 40.9 Å². The van der Waals surface area contributed by atoms with Gasteiger partial charge in [0.1, 0.15) is 13.2 Å². The average Bonchev–Trinajstić information content (AvgIpc) is 3.42. The maximum atomic E-state index is 13.0. The average molecular weight is 1140 g/mol. The molecule has 0 aliphatic rings. The minimum absolute atomic E-state index is 0.0589. The van der Waals surface area contributed by atoms with Crippen molar-refractivity contribution in [2.24, 2.45) is 0 Å². The zero-order valence-corrected chi connectivity index (χ0v) is 54.8. The van der Waals surface area contributed by atoms with Crippen LogP contribution in [0.2, 0.25) is 0 Å². The second-order valence-electron chi connectivity index (χ2n) is 25.6. The van der Waals surface area contributed by atoms with E-state index in [1.165, 1.54) is 308 Å². The van der Waals surface area contributed by atoms with Crippen LogP contribution < -0.4 is 5.32 Å². The fraction of sp³-hybridized carbons (Fsp3) is 0.929. The molecule has 0 aliphatic heterocycles. The van der Waals surface area contributed by atoms with Crippen molar-refractivity contribution in [3.8, 4) is 0 Å². The molecule has 0 heterocycles. The van der Waals surface area contributed by atoms with E-state index in [-0.39, 0.29) is 19.1 Å². The molecule has 0 spiro atoms. The van der Waals surface area contributed by atoms with Gasteiger partial charge in [-0.1, -0.05) is 353 Å². The summed E-state index contributed by atoms with van der Waals surface area (Å²) >= 11 is 0. The molecule has 9 heteroatoms. The molecular formula is C70H140N2O6P+. The number of phosphoric ester groups is 1. The summed E-state index contributed by atoms with van der Waals surface area (Å²) in [5.41, 5.74) is 0. The number of phosphoric acid groups is 1. The Hall–Kier alpha value is -1.02. The summed E-state index contributed by atoms with van der Waals surface area (Å²) in [5.74, 6) is -0.179. The van der Waals surface area contributed by atoms with Crippen LogP contribution in [0.25, 0.3) is 0 Å². The van der Waals surface area contributed by atoms with E-state index in [0.717, 1.165) is 38.5 Å². The van der Waals surface area contributed by atoms with E-state index in [4.69, 9.17) is 9.05 Å². The molecule has 3 unspecified atom stereocenters. The largest absolute Gasteiger partial charge is 0.472 e. The van der Waals surface area contributed by atoms with Crippen molar-refractivity contribution in [1.29, 1.82) is 0 Å². The molecule has 3 atom stereocenters. The zero-order valence-electron chi connectivity index (χ0n) is 53.9. The molecule has 0 radical (unpaired) electrons. The van der Waals surface area contributed by atoms with Gasteiger partial charge in [0.2, 0.25) is 5.91 Å². The lowest BCUT2D eigenvalue weighted by atomic mass is 10.0. The minimum Gasteiger partial charge on any atom is -0.387 e. The number of aliphatic hydroxyl groups is 1. The topological polar surface area (TPSA) is 105 Å². The van der Waals surface area contributed by atoms with Gasteiger partial charge >= 0.3 is 7.82 Å². The number of hydrogen-bond acceptors (Lipinski definition) is 5. The minimum atomic E-state index is -4.36. The van der Waals surface area contributed by atoms with Crippen LogP contribution in [0, 0.1) is 0 Å². The van der Waals surface area contributed by atoms with E-state index in [1.807, 2.05) is 27.2 Å². The van der Waals surface area contributed by atoms with Crippen LogP contribution >= 0.6 is 7.82 Å². The molecule has 0 saturated heterocycles. The number of allylic oxidation sites excluding steroid dienone is 3. The number of quaternary nitrogens is 1. The standard InChI is InChI=1S/C70H139N2O6P/c1-6-8-10-12-14-16-18-20-22-24-26-27-28-29-30-31-32-33-34-35-36-37-38-39-40-41-42-43-44-45-46-48-50-52-54-56-58-60-62-64-70(74)71-68(67-78-79(75,76)77-66-65-72(3,4)5)69(73)63-61-59-57-55-53-51-49-47-25-23-21-19-17-15-13-11-9-7-2/h53,55,61,63,68-69,73H,6-52,54,56-60,62,64-67H2,1-5H3,(H-,71,74,75,76)/p+1/b55-53+,63-61+. The highest BCUT2D eigenvalue weighted by molar-refractivity contribution is 7.47. The number of likely N-dealkylation sites (N-methyl/N-ethyl adjacent to an activating group) is 1. The Morgan fingerprint density at radius 2 is 0.696 bits per heavy atom. The van der Waals surface area contributed by atoms with Crippen LogP contribution in [0.5, 0.6) is 0 Å². The highest BCUT2D eigenvalue weighted by Gasteiger charge is 2.28. The molecule has 0 aliphatic carbocycles. The first kappa shape index (κ1) is 78.0. The molecule has 8 nitrogen and oxygen atoms in total. The van der Waals surface area contributed by atoms with Gasteiger partial charge in [0, 0.05) is 6.42 Å². The van der Waals surface area contributed by atoms with Crippen molar-refractivity contribution >= 4 is 13.7 Å². The SMILES string of the molecule is CCCCCCCCCCCCCC/C=C/CC/C=C/C(O)C(COP(=O)(O)OCC[N+](C)(C)C)NC(=O)CCCCCCCCCCCCCCCCCCCCCCCCCCCCCCCCCCCCCCCCC. The lowest BCUT2D eigenvalue weighted by molar-refractivity contribution is -0.870. The molecule has 0 bridgehead atoms. The number of rotatable bonds is 66. The molecule has 1 amide bonds. The smallest absolute Gasteiger partial charge is 0.387 e. The molecule has 0 aromatic carbocycles. The highest BCUT2D eigenvalue weighted by atomic mass is 31.2. The lowest BCUT2D eigenvalue weighted by Crippen LogP contribution is -2.45. The third-order valence-corrected chi connectivity index (χ3v) is 17.4. The summed E-state index contributed by atoms with van der Waals surface area (Å²) in [5, 5.41) is 14.0. The fourth-order valence-corrected chi connectivity index (χ4v) is 11.7. The summed E-state index contributed by atoms with van der Waals surface area (Å²) in [6, 6.07) is -0.861. The van der Waals surface area contributed by atoms with Crippen molar-refractivity contribution in [2.45, 2.75) is 379 Å². The molecule has 3 N–H and O–H groups in total. The van der Waals surface area contributed by atoms with Crippen LogP contribution in [0.1, 0.15) is 367 Å². The summed E-state index contributed by atoms with van der Waals surface area (Å²) < 4.78 is 23.8. The normalized spacial score (nSPS) is 13.8. The summed E-state index contributed by atoms with van der Waals surface area (Å²) in [4.78, 5) is 23.4. The zero-order chi connectivity index (χ0) is 57.7. The molecule has 0 fully saturated rings. The number of carbonyl (C=O) groups excluding carboxylic acids is 1. The van der Waals surface area contributed by atoms with Crippen LogP contribution in [0.3, 0.4) is 0 Å². The van der Waals surface area contributed by atoms with Gasteiger partial charge in [-0.2, -0.15) is 0 Å². The number of aliphatic hydroxyl groups excluding tert-OH is 1. The van der Waals surface area contributed by atoms with E-state index < -0.39 is 20.0 Å². The second-order valence-corrected chi connectivity index (χ2v) is 27.1. The van der Waals surface area contributed by atoms with E-state index in [9.17, 15) is 19.4 Å². The van der Waals surface area contributed by atoms with Gasteiger partial charge in [-0.3, -0.25) is 13.8 Å². The quantitative estimate of drug-likeness (QED) is 0.0243. The highest BCUT2D eigenvalue weighted by Crippen LogP contribution is 2.43. The number of hydrogen-bond donors (Lipinski definition) is 3. The third kappa shape index (κ3) is 64.4. The summed E-state index contributed by atoms with van der Waals surface area (Å²) in [7, 11) is 1.57. The lowest BCUT2D eigenvalue weighted by Gasteiger charge is -2.25. The van der Waals surface area contributed by atoms with Gasteiger partial charge in [-0.25, -0.2) is 4.57 Å². The predicted octanol–water partition coefficient (Wildman–Crippen LogP) is 22.3. The first-order valence-corrected chi connectivity index (χ1v) is 36.7. The second kappa shape index (κ2) is 61.5. The van der Waals surface area contributed by atoms with Gasteiger partial charge in [-0.05, 0) is 32.1 Å². The molecule has 79 heavy (non-hydrogen) atoms. The van der Waals surface area contributed by atoms with Gasteiger partial charge in [-0.15, -0.1) is 0 Å². The van der Waals surface area contributed by atoms with Crippen molar-refractivity contribution in [1.82, 2.24) is 5.32 Å². The Labute approximate surface area is 494 Å². The van der Waals surface area contributed by atoms with E-state index in [2.05, 4.69) is 31.3 Å². The number of unbranched alkanes of at least 4 members (excludes halogenated alkanes) is 51. The number of amides is 1. The maximum Gasteiger partial charge on any atom is 0.472 e. The first-order chi connectivity index (χ1) is 38.5. The third-order valence-electron chi connectivity index (χ3n) is 16.4. The Bertz CT molecular complexity index is 1340. The van der Waals surface area contributed by atoms with E-state index in [1.54, 1.807) is 6.08 Å². The number of nitrogens with zero attached hydrogens (tertiary/aromatic N) is 1. The molecule has 0 rings (SSSR count). The Morgan fingerprint density at radius 1 is 0.418 bits per heavy atom. The Morgan fingerprint density at radius 3 is 1.01 bits per heavy atom.